The smallest absolute Gasteiger partial charge is 0.311 e. The first kappa shape index (κ1) is 15.6. The molecule has 1 N–H and O–H groups in total. The molecule has 0 saturated heterocycles. The van der Waals surface area contributed by atoms with Crippen LogP contribution in [0.15, 0.2) is 29.5 Å². The summed E-state index contributed by atoms with van der Waals surface area (Å²) in [4.78, 5) is 24.6. The summed E-state index contributed by atoms with van der Waals surface area (Å²) in [6, 6.07) is 4.97. The fraction of sp³-hybridized carbons (Fsp3) is 0.444. The Morgan fingerprint density at radius 2 is 2.00 bits per heavy atom. The summed E-state index contributed by atoms with van der Waals surface area (Å²) in [5.74, 6) is 0.153. The van der Waals surface area contributed by atoms with Crippen molar-refractivity contribution in [3.8, 4) is 11.5 Å². The van der Waals surface area contributed by atoms with E-state index in [0.717, 1.165) is 5.56 Å². The number of carbonyl (C=O) groups is 2. The predicted octanol–water partition coefficient (Wildman–Crippen LogP) is 3.07. The predicted molar refractivity (Wildman–Crippen MR) is 83.2 cm³/mol. The van der Waals surface area contributed by atoms with Gasteiger partial charge in [-0.1, -0.05) is 19.9 Å². The molecule has 0 bridgehead atoms. The zero-order chi connectivity index (χ0) is 16.8. The number of ether oxygens (including phenoxy) is 2. The topological polar surface area (TPSA) is 72.8 Å². The van der Waals surface area contributed by atoms with Crippen molar-refractivity contribution in [2.24, 2.45) is 5.41 Å². The second kappa shape index (κ2) is 5.41. The number of methoxy groups -OCH3 is 1. The van der Waals surface area contributed by atoms with Gasteiger partial charge in [0.2, 0.25) is 0 Å². The summed E-state index contributed by atoms with van der Waals surface area (Å²) < 4.78 is 10.4. The molecule has 0 saturated carbocycles. The van der Waals surface area contributed by atoms with Crippen LogP contribution in [0, 0.1) is 5.41 Å². The largest absolute Gasteiger partial charge is 0.504 e. The highest BCUT2D eigenvalue weighted by Gasteiger charge is 2.42. The van der Waals surface area contributed by atoms with Crippen LogP contribution in [0.1, 0.15) is 44.6 Å². The zero-order valence-electron chi connectivity index (χ0n) is 13.5. The fourth-order valence-electron chi connectivity index (χ4n) is 3.41. The number of rotatable bonds is 2. The molecular formula is C18H20O5. The first-order valence-electron chi connectivity index (χ1n) is 7.64. The Balaban J connectivity index is 2.06. The molecule has 1 heterocycles. The van der Waals surface area contributed by atoms with Gasteiger partial charge in [0.15, 0.2) is 17.3 Å². The third-order valence-corrected chi connectivity index (χ3v) is 4.44. The number of esters is 1. The van der Waals surface area contributed by atoms with E-state index in [9.17, 15) is 14.7 Å². The minimum Gasteiger partial charge on any atom is -0.504 e. The number of hydrogen-bond donors (Lipinski definition) is 1. The lowest BCUT2D eigenvalue weighted by atomic mass is 9.71. The Bertz CT molecular complexity index is 714. The molecule has 5 nitrogen and oxygen atoms in total. The van der Waals surface area contributed by atoms with E-state index in [0.29, 0.717) is 29.9 Å². The van der Waals surface area contributed by atoms with E-state index >= 15 is 0 Å². The van der Waals surface area contributed by atoms with Gasteiger partial charge >= 0.3 is 5.97 Å². The molecule has 0 fully saturated rings. The monoisotopic (exact) mass is 316 g/mol. The van der Waals surface area contributed by atoms with Gasteiger partial charge in [0.25, 0.3) is 0 Å². The van der Waals surface area contributed by atoms with Crippen LogP contribution in [0.25, 0.3) is 0 Å². The summed E-state index contributed by atoms with van der Waals surface area (Å²) in [7, 11) is 1.47. The molecule has 3 rings (SSSR count). The maximum Gasteiger partial charge on any atom is 0.311 e. The number of phenols is 1. The van der Waals surface area contributed by atoms with Crippen LogP contribution in [-0.2, 0) is 14.3 Å². The quantitative estimate of drug-likeness (QED) is 0.849. The van der Waals surface area contributed by atoms with Crippen molar-refractivity contribution in [3.05, 3.63) is 35.1 Å². The molecule has 0 unspecified atom stereocenters. The summed E-state index contributed by atoms with van der Waals surface area (Å²) in [5, 5.41) is 9.99. The van der Waals surface area contributed by atoms with Crippen molar-refractivity contribution < 1.29 is 24.2 Å². The Kier molecular flexibility index (Phi) is 3.66. The first-order chi connectivity index (χ1) is 10.8. The molecule has 0 aromatic heterocycles. The third kappa shape index (κ3) is 2.83. The van der Waals surface area contributed by atoms with Gasteiger partial charge in [0, 0.05) is 24.3 Å². The lowest BCUT2D eigenvalue weighted by Gasteiger charge is -2.36. The van der Waals surface area contributed by atoms with Crippen molar-refractivity contribution >= 4 is 11.8 Å². The van der Waals surface area contributed by atoms with Gasteiger partial charge in [0.1, 0.15) is 5.76 Å². The van der Waals surface area contributed by atoms with Crippen molar-refractivity contribution in [1.29, 1.82) is 0 Å². The van der Waals surface area contributed by atoms with Crippen LogP contribution in [0.3, 0.4) is 0 Å². The number of Topliss-reactive ketones (excluding diaryl/α,β-unsaturated/α-hetero) is 1. The van der Waals surface area contributed by atoms with Gasteiger partial charge in [-0.15, -0.1) is 0 Å². The lowest BCUT2D eigenvalue weighted by molar-refractivity contribution is -0.142. The molecule has 1 aliphatic heterocycles. The normalized spacial score (nSPS) is 23.3. The van der Waals surface area contributed by atoms with E-state index in [-0.39, 0.29) is 35.3 Å². The minimum absolute atomic E-state index is 0.00493. The van der Waals surface area contributed by atoms with Crippen molar-refractivity contribution in [2.45, 2.75) is 39.0 Å². The number of phenolic OH excluding ortho intramolecular Hbond substituents is 1. The van der Waals surface area contributed by atoms with E-state index in [1.54, 1.807) is 18.2 Å². The maximum atomic E-state index is 12.6. The minimum atomic E-state index is -0.369. The van der Waals surface area contributed by atoms with Crippen molar-refractivity contribution in [2.75, 3.05) is 7.11 Å². The zero-order valence-corrected chi connectivity index (χ0v) is 13.5. The van der Waals surface area contributed by atoms with Gasteiger partial charge in [-0.05, 0) is 23.1 Å². The summed E-state index contributed by atoms with van der Waals surface area (Å²) in [6.45, 7) is 3.98. The number of ketones is 1. The molecule has 2 aliphatic rings. The van der Waals surface area contributed by atoms with E-state index in [4.69, 9.17) is 9.47 Å². The van der Waals surface area contributed by atoms with Crippen LogP contribution in [-0.4, -0.2) is 24.0 Å². The van der Waals surface area contributed by atoms with E-state index < -0.39 is 0 Å². The Hall–Kier alpha value is -2.30. The number of carbonyl (C=O) groups excluding carboxylic acids is 2. The van der Waals surface area contributed by atoms with Gasteiger partial charge in [-0.3, -0.25) is 9.59 Å². The molecule has 1 aromatic carbocycles. The SMILES string of the molecule is COc1ccc([C@H]2CC(=O)OC3=C2C(=O)CC(C)(C)C3)cc1O. The highest BCUT2D eigenvalue weighted by Crippen LogP contribution is 2.46. The Morgan fingerprint density at radius 3 is 2.65 bits per heavy atom. The van der Waals surface area contributed by atoms with Crippen molar-refractivity contribution in [3.63, 3.8) is 0 Å². The lowest BCUT2D eigenvalue weighted by Crippen LogP contribution is -2.33. The molecule has 5 heteroatoms. The van der Waals surface area contributed by atoms with Crippen molar-refractivity contribution in [1.82, 2.24) is 0 Å². The number of aromatic hydroxyl groups is 1. The maximum absolute atomic E-state index is 12.6. The third-order valence-electron chi connectivity index (χ3n) is 4.44. The van der Waals surface area contributed by atoms with Crippen LogP contribution in [0.2, 0.25) is 0 Å². The van der Waals surface area contributed by atoms with Gasteiger partial charge in [-0.2, -0.15) is 0 Å². The van der Waals surface area contributed by atoms with Crippen LogP contribution in [0.4, 0.5) is 0 Å². The second-order valence-corrected chi connectivity index (χ2v) is 6.94. The Labute approximate surface area is 134 Å². The van der Waals surface area contributed by atoms with Gasteiger partial charge < -0.3 is 14.6 Å². The number of allylic oxidation sites excluding steroid dienone is 2. The highest BCUT2D eigenvalue weighted by molar-refractivity contribution is 6.00. The summed E-state index contributed by atoms with van der Waals surface area (Å²) in [6.07, 6.45) is 1.11. The molecular weight excluding hydrogens is 296 g/mol. The molecule has 1 aromatic rings. The molecule has 122 valence electrons. The average molecular weight is 316 g/mol. The van der Waals surface area contributed by atoms with E-state index in [2.05, 4.69) is 0 Å². The summed E-state index contributed by atoms with van der Waals surface area (Å²) in [5.41, 5.74) is 1.09. The highest BCUT2D eigenvalue weighted by atomic mass is 16.5. The molecule has 1 atom stereocenters. The molecule has 0 spiro atoms. The average Bonchev–Trinajstić information content (AvgIpc) is 2.44. The fourth-order valence-corrected chi connectivity index (χ4v) is 3.41. The van der Waals surface area contributed by atoms with Crippen LogP contribution >= 0.6 is 0 Å². The number of benzene rings is 1. The molecule has 23 heavy (non-hydrogen) atoms. The number of hydrogen-bond acceptors (Lipinski definition) is 5. The summed E-state index contributed by atoms with van der Waals surface area (Å²) >= 11 is 0. The van der Waals surface area contributed by atoms with Gasteiger partial charge in [0.05, 0.1) is 13.5 Å². The van der Waals surface area contributed by atoms with Crippen LogP contribution in [0.5, 0.6) is 11.5 Å². The Morgan fingerprint density at radius 1 is 1.26 bits per heavy atom. The molecule has 0 radical (unpaired) electrons. The molecule has 1 aliphatic carbocycles. The van der Waals surface area contributed by atoms with E-state index in [1.807, 2.05) is 13.8 Å². The van der Waals surface area contributed by atoms with Crippen LogP contribution < -0.4 is 4.74 Å². The molecule has 0 amide bonds. The standard InChI is InChI=1S/C18H20O5/c1-18(2)8-13(20)17-11(7-16(21)23-15(17)9-18)10-4-5-14(22-3)12(19)6-10/h4-6,11,19H,7-9H2,1-3H3/t11-/m1/s1. The first-order valence-corrected chi connectivity index (χ1v) is 7.64. The second-order valence-electron chi connectivity index (χ2n) is 6.94. The van der Waals surface area contributed by atoms with E-state index in [1.165, 1.54) is 7.11 Å². The van der Waals surface area contributed by atoms with Gasteiger partial charge in [-0.25, -0.2) is 0 Å².